The number of benzene rings is 3. The van der Waals surface area contributed by atoms with Crippen molar-refractivity contribution in [1.82, 2.24) is 9.55 Å². The van der Waals surface area contributed by atoms with Crippen LogP contribution in [0.15, 0.2) is 82.7 Å². The van der Waals surface area contributed by atoms with Gasteiger partial charge in [-0.3, -0.25) is 19.5 Å². The first-order chi connectivity index (χ1) is 15.2. The molecule has 0 amide bonds. The number of halogens is 3. The first-order valence-electron chi connectivity index (χ1n) is 9.29. The van der Waals surface area contributed by atoms with Gasteiger partial charge >= 0.3 is 6.18 Å². The van der Waals surface area contributed by atoms with Crippen molar-refractivity contribution in [2.75, 3.05) is 0 Å². The van der Waals surface area contributed by atoms with E-state index in [4.69, 9.17) is 0 Å². The Morgan fingerprint density at radius 2 is 1.75 bits per heavy atom. The van der Waals surface area contributed by atoms with Crippen LogP contribution in [0.5, 0.6) is 0 Å². The van der Waals surface area contributed by atoms with Crippen LogP contribution in [0.25, 0.3) is 16.6 Å². The zero-order valence-electron chi connectivity index (χ0n) is 16.2. The van der Waals surface area contributed by atoms with E-state index in [0.717, 1.165) is 28.5 Å². The number of non-ortho nitro benzene ring substituents is 1. The topological polar surface area (TPSA) is 78.0 Å². The molecule has 0 aliphatic heterocycles. The Morgan fingerprint density at radius 3 is 2.50 bits per heavy atom. The summed E-state index contributed by atoms with van der Waals surface area (Å²) in [6, 6.07) is 17.0. The van der Waals surface area contributed by atoms with Crippen molar-refractivity contribution in [2.45, 2.75) is 17.1 Å². The third kappa shape index (κ3) is 4.35. The van der Waals surface area contributed by atoms with Crippen molar-refractivity contribution in [3.05, 3.63) is 104 Å². The number of fused-ring (bicyclic) bond motifs is 1. The van der Waals surface area contributed by atoms with E-state index in [-0.39, 0.29) is 27.7 Å². The number of para-hydroxylation sites is 1. The molecule has 0 bridgehead atoms. The summed E-state index contributed by atoms with van der Waals surface area (Å²) >= 11 is 1.11. The van der Waals surface area contributed by atoms with Crippen LogP contribution in [0.1, 0.15) is 11.1 Å². The monoisotopic (exact) mass is 457 g/mol. The summed E-state index contributed by atoms with van der Waals surface area (Å²) in [5.41, 5.74) is -0.417. The van der Waals surface area contributed by atoms with Crippen LogP contribution in [-0.2, 0) is 11.9 Å². The summed E-state index contributed by atoms with van der Waals surface area (Å²) in [6.07, 6.45) is -4.57. The average Bonchev–Trinajstić information content (AvgIpc) is 2.77. The Morgan fingerprint density at radius 1 is 1.00 bits per heavy atom. The normalized spacial score (nSPS) is 11.6. The van der Waals surface area contributed by atoms with Gasteiger partial charge in [-0.1, -0.05) is 42.1 Å². The van der Waals surface area contributed by atoms with E-state index in [1.807, 2.05) is 0 Å². The van der Waals surface area contributed by atoms with Crippen LogP contribution < -0.4 is 5.56 Å². The van der Waals surface area contributed by atoms with E-state index in [2.05, 4.69) is 4.98 Å². The Kier molecular flexibility index (Phi) is 5.70. The first kappa shape index (κ1) is 21.6. The third-order valence-electron chi connectivity index (χ3n) is 4.67. The van der Waals surface area contributed by atoms with E-state index < -0.39 is 22.2 Å². The van der Waals surface area contributed by atoms with Crippen LogP contribution in [-0.4, -0.2) is 14.5 Å². The molecular formula is C22H14F3N3O3S. The molecule has 10 heteroatoms. The largest absolute Gasteiger partial charge is 0.416 e. The standard InChI is InChI=1S/C22H14F3N3O3S/c23-22(24,25)15-6-4-7-16(12-15)27-20(29)18-9-1-2-10-19(18)26-21(27)32-13-14-5-3-8-17(11-14)28(30)31/h1-12H,13H2. The molecule has 1 aromatic heterocycles. The number of nitro benzene ring substituents is 1. The minimum Gasteiger partial charge on any atom is -0.268 e. The lowest BCUT2D eigenvalue weighted by Gasteiger charge is -2.15. The zero-order chi connectivity index (χ0) is 22.9. The molecule has 0 saturated carbocycles. The molecule has 1 heterocycles. The Labute approximate surface area is 183 Å². The minimum absolute atomic E-state index is 0.0321. The van der Waals surface area contributed by atoms with E-state index in [0.29, 0.717) is 11.1 Å². The summed E-state index contributed by atoms with van der Waals surface area (Å²) in [7, 11) is 0. The number of rotatable bonds is 5. The maximum absolute atomic E-state index is 13.2. The summed E-state index contributed by atoms with van der Waals surface area (Å²) in [5, 5.41) is 11.5. The quantitative estimate of drug-likeness (QED) is 0.169. The van der Waals surface area contributed by atoms with Crippen LogP contribution >= 0.6 is 11.8 Å². The van der Waals surface area contributed by atoms with Crippen LogP contribution in [0.4, 0.5) is 18.9 Å². The lowest BCUT2D eigenvalue weighted by Crippen LogP contribution is -2.22. The number of hydrogen-bond donors (Lipinski definition) is 0. The second kappa shape index (κ2) is 8.46. The molecule has 0 aliphatic carbocycles. The van der Waals surface area contributed by atoms with Crippen LogP contribution in [0.3, 0.4) is 0 Å². The maximum atomic E-state index is 13.2. The molecule has 0 unspecified atom stereocenters. The van der Waals surface area contributed by atoms with Crippen molar-refractivity contribution in [3.8, 4) is 5.69 Å². The number of aromatic nitrogens is 2. The molecule has 0 spiro atoms. The summed E-state index contributed by atoms with van der Waals surface area (Å²) < 4.78 is 40.9. The van der Waals surface area contributed by atoms with Crippen molar-refractivity contribution in [2.24, 2.45) is 0 Å². The molecule has 6 nitrogen and oxygen atoms in total. The molecule has 0 atom stereocenters. The highest BCUT2D eigenvalue weighted by Gasteiger charge is 2.31. The van der Waals surface area contributed by atoms with Gasteiger partial charge in [0, 0.05) is 17.9 Å². The van der Waals surface area contributed by atoms with Gasteiger partial charge in [-0.05, 0) is 35.9 Å². The number of nitrogens with zero attached hydrogens (tertiary/aromatic N) is 3. The second-order valence-electron chi connectivity index (χ2n) is 6.82. The van der Waals surface area contributed by atoms with Gasteiger partial charge in [0.25, 0.3) is 11.2 Å². The lowest BCUT2D eigenvalue weighted by molar-refractivity contribution is -0.384. The van der Waals surface area contributed by atoms with Gasteiger partial charge < -0.3 is 0 Å². The SMILES string of the molecule is O=c1c2ccccc2nc(SCc2cccc([N+](=O)[O-])c2)n1-c1cccc(C(F)(F)F)c1. The molecule has 32 heavy (non-hydrogen) atoms. The van der Waals surface area contributed by atoms with Gasteiger partial charge in [0.15, 0.2) is 5.16 Å². The van der Waals surface area contributed by atoms with Crippen molar-refractivity contribution >= 4 is 28.4 Å². The predicted octanol–water partition coefficient (Wildman–Crippen LogP) is 5.61. The molecule has 0 radical (unpaired) electrons. The first-order valence-corrected chi connectivity index (χ1v) is 10.3. The maximum Gasteiger partial charge on any atom is 0.416 e. The van der Waals surface area contributed by atoms with Gasteiger partial charge in [-0.15, -0.1) is 0 Å². The Hall–Kier alpha value is -3.66. The van der Waals surface area contributed by atoms with Gasteiger partial charge in [0.05, 0.1) is 27.1 Å². The highest BCUT2D eigenvalue weighted by molar-refractivity contribution is 7.98. The summed E-state index contributed by atoms with van der Waals surface area (Å²) in [6.45, 7) is 0. The van der Waals surface area contributed by atoms with Gasteiger partial charge in [-0.25, -0.2) is 4.98 Å². The molecule has 0 N–H and O–H groups in total. The molecular weight excluding hydrogens is 443 g/mol. The molecule has 162 valence electrons. The zero-order valence-corrected chi connectivity index (χ0v) is 17.1. The van der Waals surface area contributed by atoms with E-state index in [1.165, 1.54) is 24.3 Å². The van der Waals surface area contributed by atoms with Gasteiger partial charge in [0.1, 0.15) is 0 Å². The molecule has 0 fully saturated rings. The Bertz CT molecular complexity index is 1390. The average molecular weight is 457 g/mol. The highest BCUT2D eigenvalue weighted by Crippen LogP contribution is 2.31. The molecule has 0 aliphatic rings. The van der Waals surface area contributed by atoms with E-state index in [9.17, 15) is 28.1 Å². The van der Waals surface area contributed by atoms with Gasteiger partial charge in [0.2, 0.25) is 0 Å². The highest BCUT2D eigenvalue weighted by atomic mass is 32.2. The minimum atomic E-state index is -4.57. The molecule has 3 aromatic carbocycles. The number of nitro groups is 1. The molecule has 0 saturated heterocycles. The fraction of sp³-hybridized carbons (Fsp3) is 0.0909. The van der Waals surface area contributed by atoms with E-state index >= 15 is 0 Å². The van der Waals surface area contributed by atoms with Crippen LogP contribution in [0.2, 0.25) is 0 Å². The second-order valence-corrected chi connectivity index (χ2v) is 7.76. The molecule has 4 rings (SSSR count). The fourth-order valence-corrected chi connectivity index (χ4v) is 4.12. The van der Waals surface area contributed by atoms with Crippen LogP contribution in [0, 0.1) is 10.1 Å². The van der Waals surface area contributed by atoms with Gasteiger partial charge in [-0.2, -0.15) is 13.2 Å². The number of alkyl halides is 3. The fourth-order valence-electron chi connectivity index (χ4n) is 3.17. The van der Waals surface area contributed by atoms with Crippen molar-refractivity contribution in [1.29, 1.82) is 0 Å². The summed E-state index contributed by atoms with van der Waals surface area (Å²) in [4.78, 5) is 28.2. The summed E-state index contributed by atoms with van der Waals surface area (Å²) in [5.74, 6) is 0.228. The van der Waals surface area contributed by atoms with E-state index in [1.54, 1.807) is 36.4 Å². The van der Waals surface area contributed by atoms with Crippen molar-refractivity contribution in [3.63, 3.8) is 0 Å². The Balaban J connectivity index is 1.82. The third-order valence-corrected chi connectivity index (χ3v) is 5.68. The van der Waals surface area contributed by atoms with Crippen molar-refractivity contribution < 1.29 is 18.1 Å². The number of hydrogen-bond acceptors (Lipinski definition) is 5. The lowest BCUT2D eigenvalue weighted by atomic mass is 10.2. The smallest absolute Gasteiger partial charge is 0.268 e. The predicted molar refractivity (Wildman–Crippen MR) is 115 cm³/mol. The molecule has 4 aromatic rings. The number of thioether (sulfide) groups is 1.